The van der Waals surface area contributed by atoms with Crippen LogP contribution in [-0.2, 0) is 9.05 Å². The van der Waals surface area contributed by atoms with Crippen LogP contribution in [0.5, 0.6) is 0 Å². The highest BCUT2D eigenvalue weighted by molar-refractivity contribution is 8.13. The van der Waals surface area contributed by atoms with E-state index in [4.69, 9.17) is 10.7 Å². The second kappa shape index (κ2) is 8.09. The maximum atomic E-state index is 13.3. The molecule has 138 valence electrons. The third-order valence-corrected chi connectivity index (χ3v) is 6.88. The molecular weight excluding hydrogens is 358 g/mol. The van der Waals surface area contributed by atoms with Crippen LogP contribution in [0.25, 0.3) is 0 Å². The molecule has 3 rings (SSSR count). The summed E-state index contributed by atoms with van der Waals surface area (Å²) in [5.74, 6) is -0.0408. The molecule has 1 aromatic carbocycles. The normalized spacial score (nSPS) is 20.4. The zero-order valence-electron chi connectivity index (χ0n) is 14.5. The van der Waals surface area contributed by atoms with Gasteiger partial charge in [-0.3, -0.25) is 4.79 Å². The Labute approximate surface area is 155 Å². The highest BCUT2D eigenvalue weighted by atomic mass is 35.7. The SMILES string of the molecule is O=C(c1cccc(S(=O)(=O)Cl)c1)N(C1CCCCC1)C1CCCCC1. The highest BCUT2D eigenvalue weighted by Crippen LogP contribution is 2.32. The van der Waals surface area contributed by atoms with E-state index in [1.165, 1.54) is 25.0 Å². The Kier molecular flexibility index (Phi) is 6.05. The van der Waals surface area contributed by atoms with E-state index in [9.17, 15) is 13.2 Å². The van der Waals surface area contributed by atoms with E-state index in [1.54, 1.807) is 12.1 Å². The first-order valence-corrected chi connectivity index (χ1v) is 11.6. The average Bonchev–Trinajstić information content (AvgIpc) is 2.63. The zero-order chi connectivity index (χ0) is 17.9. The summed E-state index contributed by atoms with van der Waals surface area (Å²) in [5.41, 5.74) is 0.429. The lowest BCUT2D eigenvalue weighted by Crippen LogP contribution is -2.48. The second-order valence-corrected chi connectivity index (χ2v) is 9.83. The van der Waals surface area contributed by atoms with Crippen molar-refractivity contribution >= 4 is 25.6 Å². The van der Waals surface area contributed by atoms with Crippen molar-refractivity contribution in [1.29, 1.82) is 0 Å². The number of halogens is 1. The van der Waals surface area contributed by atoms with Gasteiger partial charge < -0.3 is 4.90 Å². The van der Waals surface area contributed by atoms with E-state index in [0.29, 0.717) is 5.56 Å². The van der Waals surface area contributed by atoms with Crippen molar-refractivity contribution in [1.82, 2.24) is 4.90 Å². The van der Waals surface area contributed by atoms with Crippen LogP contribution in [0.1, 0.15) is 74.6 Å². The number of benzene rings is 1. The molecule has 0 heterocycles. The minimum atomic E-state index is -3.83. The number of hydrogen-bond acceptors (Lipinski definition) is 3. The fraction of sp³-hybridized carbons (Fsp3) is 0.632. The largest absolute Gasteiger partial charge is 0.333 e. The van der Waals surface area contributed by atoms with Crippen LogP contribution in [0.4, 0.5) is 0 Å². The molecule has 0 atom stereocenters. The van der Waals surface area contributed by atoms with Crippen molar-refractivity contribution in [2.75, 3.05) is 0 Å². The van der Waals surface area contributed by atoms with Crippen LogP contribution in [0.3, 0.4) is 0 Å². The van der Waals surface area contributed by atoms with Gasteiger partial charge in [0.2, 0.25) is 0 Å². The molecule has 2 fully saturated rings. The van der Waals surface area contributed by atoms with Gasteiger partial charge in [-0.1, -0.05) is 44.6 Å². The van der Waals surface area contributed by atoms with Gasteiger partial charge in [0.05, 0.1) is 4.90 Å². The van der Waals surface area contributed by atoms with E-state index in [1.807, 2.05) is 0 Å². The number of hydrogen-bond donors (Lipinski definition) is 0. The summed E-state index contributed by atoms with van der Waals surface area (Å²) >= 11 is 0. The van der Waals surface area contributed by atoms with Gasteiger partial charge in [-0.25, -0.2) is 8.42 Å². The number of carbonyl (C=O) groups excluding carboxylic acids is 1. The van der Waals surface area contributed by atoms with Gasteiger partial charge >= 0.3 is 0 Å². The zero-order valence-corrected chi connectivity index (χ0v) is 16.1. The molecule has 2 aliphatic rings. The Balaban J connectivity index is 1.90. The first kappa shape index (κ1) is 18.7. The minimum Gasteiger partial charge on any atom is -0.333 e. The van der Waals surface area contributed by atoms with Crippen molar-refractivity contribution in [3.05, 3.63) is 29.8 Å². The van der Waals surface area contributed by atoms with E-state index in [2.05, 4.69) is 4.90 Å². The molecule has 4 nitrogen and oxygen atoms in total. The second-order valence-electron chi connectivity index (χ2n) is 7.26. The molecule has 2 aliphatic carbocycles. The molecule has 0 radical (unpaired) electrons. The Hall–Kier alpha value is -1.07. The lowest BCUT2D eigenvalue weighted by Gasteiger charge is -2.42. The molecule has 1 amide bonds. The lowest BCUT2D eigenvalue weighted by molar-refractivity contribution is 0.0448. The summed E-state index contributed by atoms with van der Waals surface area (Å²) in [6.07, 6.45) is 11.3. The van der Waals surface area contributed by atoms with Gasteiger partial charge in [-0.05, 0) is 43.9 Å². The van der Waals surface area contributed by atoms with E-state index >= 15 is 0 Å². The van der Waals surface area contributed by atoms with E-state index < -0.39 is 9.05 Å². The van der Waals surface area contributed by atoms with Gasteiger partial charge in [0.25, 0.3) is 15.0 Å². The van der Waals surface area contributed by atoms with Gasteiger partial charge in [0.1, 0.15) is 0 Å². The highest BCUT2D eigenvalue weighted by Gasteiger charge is 2.33. The van der Waals surface area contributed by atoms with Crippen molar-refractivity contribution in [2.24, 2.45) is 0 Å². The molecule has 0 unspecified atom stereocenters. The third-order valence-electron chi connectivity index (χ3n) is 5.53. The molecule has 2 saturated carbocycles. The predicted molar refractivity (Wildman–Crippen MR) is 99.4 cm³/mol. The Morgan fingerprint density at radius 1 is 0.920 bits per heavy atom. The van der Waals surface area contributed by atoms with E-state index in [0.717, 1.165) is 51.4 Å². The van der Waals surface area contributed by atoms with Crippen LogP contribution >= 0.6 is 10.7 Å². The fourth-order valence-electron chi connectivity index (χ4n) is 4.28. The van der Waals surface area contributed by atoms with Gasteiger partial charge in [0.15, 0.2) is 0 Å². The van der Waals surface area contributed by atoms with Crippen LogP contribution in [0.15, 0.2) is 29.2 Å². The molecule has 0 spiro atoms. The molecule has 0 saturated heterocycles. The first-order valence-electron chi connectivity index (χ1n) is 9.34. The van der Waals surface area contributed by atoms with Gasteiger partial charge in [-0.15, -0.1) is 0 Å². The van der Waals surface area contributed by atoms with Crippen LogP contribution in [0, 0.1) is 0 Å². The fourth-order valence-corrected chi connectivity index (χ4v) is 5.07. The van der Waals surface area contributed by atoms with Crippen molar-refractivity contribution in [2.45, 2.75) is 81.2 Å². The number of amides is 1. The lowest BCUT2D eigenvalue weighted by atomic mass is 9.88. The maximum absolute atomic E-state index is 13.3. The molecule has 0 aliphatic heterocycles. The average molecular weight is 384 g/mol. The van der Waals surface area contributed by atoms with Crippen LogP contribution in [-0.4, -0.2) is 31.3 Å². The summed E-state index contributed by atoms with van der Waals surface area (Å²) in [6.45, 7) is 0. The summed E-state index contributed by atoms with van der Waals surface area (Å²) < 4.78 is 23.2. The summed E-state index contributed by atoms with van der Waals surface area (Å²) in [6, 6.07) is 6.71. The Bertz CT molecular complexity index is 689. The molecule has 25 heavy (non-hydrogen) atoms. The number of nitrogens with zero attached hydrogens (tertiary/aromatic N) is 1. The summed E-state index contributed by atoms with van der Waals surface area (Å²) in [4.78, 5) is 15.4. The third kappa shape index (κ3) is 4.56. The van der Waals surface area contributed by atoms with Crippen molar-refractivity contribution in [3.8, 4) is 0 Å². The van der Waals surface area contributed by atoms with E-state index in [-0.39, 0.29) is 22.9 Å². The first-order chi connectivity index (χ1) is 12.0. The number of rotatable bonds is 4. The molecular formula is C19H26ClNO3S. The smallest absolute Gasteiger partial charge is 0.261 e. The maximum Gasteiger partial charge on any atom is 0.261 e. The van der Waals surface area contributed by atoms with Crippen LogP contribution < -0.4 is 0 Å². The summed E-state index contributed by atoms with van der Waals surface area (Å²) in [7, 11) is 1.63. The van der Waals surface area contributed by atoms with Gasteiger partial charge in [-0.2, -0.15) is 0 Å². The summed E-state index contributed by atoms with van der Waals surface area (Å²) in [5, 5.41) is 0. The molecule has 0 bridgehead atoms. The topological polar surface area (TPSA) is 54.5 Å². The Morgan fingerprint density at radius 3 is 1.92 bits per heavy atom. The quantitative estimate of drug-likeness (QED) is 0.706. The molecule has 0 aromatic heterocycles. The van der Waals surface area contributed by atoms with Gasteiger partial charge in [0, 0.05) is 28.3 Å². The Morgan fingerprint density at radius 2 is 1.44 bits per heavy atom. The van der Waals surface area contributed by atoms with Crippen LogP contribution in [0.2, 0.25) is 0 Å². The minimum absolute atomic E-state index is 0.00717. The molecule has 6 heteroatoms. The molecule has 0 N–H and O–H groups in total. The van der Waals surface area contributed by atoms with Crippen molar-refractivity contribution in [3.63, 3.8) is 0 Å². The predicted octanol–water partition coefficient (Wildman–Crippen LogP) is 4.72. The molecule has 1 aromatic rings. The number of carbonyl (C=O) groups is 1. The monoisotopic (exact) mass is 383 g/mol. The van der Waals surface area contributed by atoms with Crippen molar-refractivity contribution < 1.29 is 13.2 Å². The standard InChI is InChI=1S/C19H26ClNO3S/c20-25(23,24)18-13-7-8-15(14-18)19(22)21(16-9-3-1-4-10-16)17-11-5-2-6-12-17/h7-8,13-14,16-17H,1-6,9-12H2.